The molecule has 1 amide bonds. The van der Waals surface area contributed by atoms with E-state index in [2.05, 4.69) is 10.3 Å². The summed E-state index contributed by atoms with van der Waals surface area (Å²) in [5.41, 5.74) is 5.08. The molecule has 18 heavy (non-hydrogen) atoms. The number of carbonyl (C=O) groups excluding carboxylic acids is 1. The van der Waals surface area contributed by atoms with Gasteiger partial charge in [0.25, 0.3) is 5.91 Å². The maximum atomic E-state index is 11.8. The molecule has 2 atom stereocenters. The number of nitrogens with two attached hydrogens (primary N) is 1. The van der Waals surface area contributed by atoms with Gasteiger partial charge in [0.1, 0.15) is 16.3 Å². The van der Waals surface area contributed by atoms with Gasteiger partial charge in [-0.3, -0.25) is 4.79 Å². The van der Waals surface area contributed by atoms with Crippen LogP contribution >= 0.6 is 11.3 Å². The lowest BCUT2D eigenvalue weighted by Crippen LogP contribution is -2.43. The van der Waals surface area contributed by atoms with Gasteiger partial charge in [0, 0.05) is 25.0 Å². The number of aromatic nitrogens is 1. The summed E-state index contributed by atoms with van der Waals surface area (Å²) in [6, 6.07) is -0.177. The van der Waals surface area contributed by atoms with Gasteiger partial charge in [0.2, 0.25) is 0 Å². The molecule has 2 unspecified atom stereocenters. The number of rotatable bonds is 4. The zero-order chi connectivity index (χ0) is 13.2. The number of nitrogens with one attached hydrogen (secondary N) is 1. The van der Waals surface area contributed by atoms with Crippen LogP contribution in [0, 0.1) is 0 Å². The van der Waals surface area contributed by atoms with Crippen LogP contribution in [0.25, 0.3) is 0 Å². The Balaban J connectivity index is 1.91. The first-order valence-corrected chi connectivity index (χ1v) is 6.67. The molecule has 0 bridgehead atoms. The molecule has 7 heteroatoms. The lowest BCUT2D eigenvalue weighted by atomic mass is 10.0. The monoisotopic (exact) mass is 271 g/mol. The minimum atomic E-state index is -0.949. The Morgan fingerprint density at radius 2 is 2.61 bits per heavy atom. The third-order valence-electron chi connectivity index (χ3n) is 2.80. The standard InChI is InChI=1S/C11H17N3O3S/c1-7(12)10-14-8(4-18-10)9(15)13-5-11(16)2-3-17-6-11/h4,7,16H,2-3,5-6,12H2,1H3,(H,13,15). The van der Waals surface area contributed by atoms with Crippen molar-refractivity contribution in [3.05, 3.63) is 16.1 Å². The first kappa shape index (κ1) is 13.4. The molecule has 2 rings (SSSR count). The average molecular weight is 271 g/mol. The second-order valence-electron chi connectivity index (χ2n) is 4.57. The number of nitrogens with zero attached hydrogens (tertiary/aromatic N) is 1. The maximum absolute atomic E-state index is 11.8. The number of hydrogen-bond acceptors (Lipinski definition) is 6. The summed E-state index contributed by atoms with van der Waals surface area (Å²) in [5.74, 6) is -0.293. The Kier molecular flexibility index (Phi) is 3.96. The molecule has 2 heterocycles. The van der Waals surface area contributed by atoms with E-state index in [4.69, 9.17) is 10.5 Å². The van der Waals surface area contributed by atoms with Crippen LogP contribution in [0.5, 0.6) is 0 Å². The van der Waals surface area contributed by atoms with Gasteiger partial charge in [0.15, 0.2) is 0 Å². The van der Waals surface area contributed by atoms with Crippen molar-refractivity contribution in [3.8, 4) is 0 Å². The Morgan fingerprint density at radius 1 is 1.83 bits per heavy atom. The van der Waals surface area contributed by atoms with Gasteiger partial charge < -0.3 is 20.9 Å². The molecule has 100 valence electrons. The first-order valence-electron chi connectivity index (χ1n) is 5.79. The molecular weight excluding hydrogens is 254 g/mol. The number of ether oxygens (including phenoxy) is 1. The van der Waals surface area contributed by atoms with Crippen molar-refractivity contribution in [1.82, 2.24) is 10.3 Å². The van der Waals surface area contributed by atoms with Crippen LogP contribution in [-0.4, -0.2) is 41.4 Å². The highest BCUT2D eigenvalue weighted by Gasteiger charge is 2.32. The average Bonchev–Trinajstić information content (AvgIpc) is 2.95. The summed E-state index contributed by atoms with van der Waals surface area (Å²) in [7, 11) is 0. The maximum Gasteiger partial charge on any atom is 0.270 e. The van der Waals surface area contributed by atoms with Crippen LogP contribution in [-0.2, 0) is 4.74 Å². The molecule has 0 spiro atoms. The normalized spacial score (nSPS) is 25.1. The molecule has 0 radical (unpaired) electrons. The van der Waals surface area contributed by atoms with Crippen LogP contribution in [0.15, 0.2) is 5.38 Å². The first-order chi connectivity index (χ1) is 8.50. The molecule has 0 aliphatic carbocycles. The predicted molar refractivity (Wildman–Crippen MR) is 67.4 cm³/mol. The van der Waals surface area contributed by atoms with Gasteiger partial charge in [-0.25, -0.2) is 4.98 Å². The van der Waals surface area contributed by atoms with Gasteiger partial charge in [-0.15, -0.1) is 11.3 Å². The van der Waals surface area contributed by atoms with E-state index in [1.54, 1.807) is 5.38 Å². The second kappa shape index (κ2) is 5.31. The third-order valence-corrected chi connectivity index (χ3v) is 3.85. The fraction of sp³-hybridized carbons (Fsp3) is 0.636. The van der Waals surface area contributed by atoms with E-state index in [-0.39, 0.29) is 25.1 Å². The number of aliphatic hydroxyl groups is 1. The highest BCUT2D eigenvalue weighted by atomic mass is 32.1. The van der Waals surface area contributed by atoms with E-state index in [0.29, 0.717) is 18.7 Å². The summed E-state index contributed by atoms with van der Waals surface area (Å²) < 4.78 is 5.10. The third kappa shape index (κ3) is 3.05. The molecule has 6 nitrogen and oxygen atoms in total. The lowest BCUT2D eigenvalue weighted by molar-refractivity contribution is 0.0264. The molecular formula is C11H17N3O3S. The van der Waals surface area contributed by atoms with Gasteiger partial charge in [-0.1, -0.05) is 0 Å². The summed E-state index contributed by atoms with van der Waals surface area (Å²) in [5, 5.41) is 15.1. The van der Waals surface area contributed by atoms with Crippen molar-refractivity contribution in [2.75, 3.05) is 19.8 Å². The van der Waals surface area contributed by atoms with Crippen molar-refractivity contribution in [1.29, 1.82) is 0 Å². The van der Waals surface area contributed by atoms with E-state index in [1.807, 2.05) is 6.92 Å². The Morgan fingerprint density at radius 3 is 3.17 bits per heavy atom. The number of carbonyl (C=O) groups is 1. The molecule has 1 aromatic rings. The van der Waals surface area contributed by atoms with Gasteiger partial charge in [0.05, 0.1) is 12.6 Å². The van der Waals surface area contributed by atoms with Crippen molar-refractivity contribution in [3.63, 3.8) is 0 Å². The van der Waals surface area contributed by atoms with Gasteiger partial charge in [-0.2, -0.15) is 0 Å². The minimum absolute atomic E-state index is 0.177. The minimum Gasteiger partial charge on any atom is -0.386 e. The molecule has 0 saturated carbocycles. The molecule has 0 aromatic carbocycles. The van der Waals surface area contributed by atoms with Crippen molar-refractivity contribution >= 4 is 17.2 Å². The number of amides is 1. The number of thiazole rings is 1. The van der Waals surface area contributed by atoms with E-state index in [9.17, 15) is 9.90 Å². The summed E-state index contributed by atoms with van der Waals surface area (Å²) >= 11 is 1.36. The van der Waals surface area contributed by atoms with Crippen LogP contribution in [0.1, 0.15) is 34.9 Å². The van der Waals surface area contributed by atoms with Crippen molar-refractivity contribution in [2.24, 2.45) is 5.73 Å². The summed E-state index contributed by atoms with van der Waals surface area (Å²) in [6.07, 6.45) is 0.537. The van der Waals surface area contributed by atoms with Gasteiger partial charge >= 0.3 is 0 Å². The van der Waals surface area contributed by atoms with E-state index in [0.717, 1.165) is 5.01 Å². The van der Waals surface area contributed by atoms with Crippen LogP contribution < -0.4 is 11.1 Å². The summed E-state index contributed by atoms with van der Waals surface area (Å²) in [4.78, 5) is 16.0. The van der Waals surface area contributed by atoms with Crippen molar-refractivity contribution < 1.29 is 14.6 Å². The lowest BCUT2D eigenvalue weighted by Gasteiger charge is -2.20. The van der Waals surface area contributed by atoms with E-state index < -0.39 is 5.60 Å². The van der Waals surface area contributed by atoms with Crippen LogP contribution in [0.3, 0.4) is 0 Å². The van der Waals surface area contributed by atoms with Crippen molar-refractivity contribution in [2.45, 2.75) is 25.0 Å². The van der Waals surface area contributed by atoms with E-state index in [1.165, 1.54) is 11.3 Å². The van der Waals surface area contributed by atoms with Gasteiger partial charge in [-0.05, 0) is 6.92 Å². The topological polar surface area (TPSA) is 97.5 Å². The zero-order valence-electron chi connectivity index (χ0n) is 10.2. The van der Waals surface area contributed by atoms with E-state index >= 15 is 0 Å². The highest BCUT2D eigenvalue weighted by Crippen LogP contribution is 2.18. The summed E-state index contributed by atoms with van der Waals surface area (Å²) in [6.45, 7) is 2.78. The van der Waals surface area contributed by atoms with Crippen LogP contribution in [0.2, 0.25) is 0 Å². The number of hydrogen-bond donors (Lipinski definition) is 3. The Hall–Kier alpha value is -1.02. The SMILES string of the molecule is CC(N)c1nc(C(=O)NCC2(O)CCOC2)cs1. The quantitative estimate of drug-likeness (QED) is 0.718. The highest BCUT2D eigenvalue weighted by molar-refractivity contribution is 7.09. The molecule has 4 N–H and O–H groups in total. The smallest absolute Gasteiger partial charge is 0.270 e. The molecule has 1 fully saturated rings. The largest absolute Gasteiger partial charge is 0.386 e. The predicted octanol–water partition coefficient (Wildman–Crippen LogP) is 0.0440. The second-order valence-corrected chi connectivity index (χ2v) is 5.46. The fourth-order valence-electron chi connectivity index (χ4n) is 1.67. The van der Waals surface area contributed by atoms with Crippen LogP contribution in [0.4, 0.5) is 0 Å². The molecule has 1 saturated heterocycles. The molecule has 1 aromatic heterocycles. The fourth-order valence-corrected chi connectivity index (χ4v) is 2.43. The Bertz CT molecular complexity index is 427. The zero-order valence-corrected chi connectivity index (χ0v) is 11.0. The molecule has 1 aliphatic heterocycles. The molecule has 1 aliphatic rings. The Labute approximate surface area is 109 Å².